The van der Waals surface area contributed by atoms with E-state index in [0.29, 0.717) is 0 Å². The summed E-state index contributed by atoms with van der Waals surface area (Å²) in [5.74, 6) is 1.10. The van der Waals surface area contributed by atoms with Crippen LogP contribution in [0.4, 0.5) is 0 Å². The van der Waals surface area contributed by atoms with Crippen LogP contribution in [0.5, 0.6) is 11.5 Å². The maximum atomic E-state index is 9.34. The normalized spacial score (nSPS) is 10.8. The molecule has 0 aliphatic rings. The monoisotopic (exact) mass is 280 g/mol. The van der Waals surface area contributed by atoms with E-state index in [-0.39, 0.29) is 5.75 Å². The number of benzene rings is 2. The van der Waals surface area contributed by atoms with Crippen LogP contribution in [0.15, 0.2) is 55.1 Å². The van der Waals surface area contributed by atoms with Crippen molar-refractivity contribution >= 4 is 11.6 Å². The van der Waals surface area contributed by atoms with E-state index in [1.165, 1.54) is 0 Å². The number of methoxy groups -OCH3 is 1. The number of rotatable bonds is 5. The molecule has 0 aliphatic heterocycles. The second-order valence-corrected chi connectivity index (χ2v) is 4.91. The predicted molar refractivity (Wildman–Crippen MR) is 88.5 cm³/mol. The minimum atomic E-state index is 0.275. The molecule has 21 heavy (non-hydrogen) atoms. The van der Waals surface area contributed by atoms with E-state index >= 15 is 0 Å². The number of ether oxygens (including phenoxy) is 1. The van der Waals surface area contributed by atoms with Gasteiger partial charge in [-0.3, -0.25) is 0 Å². The molecule has 0 aromatic heterocycles. The average molecular weight is 280 g/mol. The van der Waals surface area contributed by atoms with Gasteiger partial charge in [0.15, 0.2) is 0 Å². The largest absolute Gasteiger partial charge is 0.508 e. The van der Waals surface area contributed by atoms with Crippen LogP contribution in [0.1, 0.15) is 23.6 Å². The van der Waals surface area contributed by atoms with Crippen LogP contribution < -0.4 is 4.74 Å². The molecule has 0 saturated carbocycles. The SMILES string of the molecule is C=C(Cc1ccc(O)cc1)c1cc(/C=C/C)ccc1OC. The Hall–Kier alpha value is -2.48. The first-order chi connectivity index (χ1) is 10.1. The third kappa shape index (κ3) is 3.76. The van der Waals surface area contributed by atoms with Crippen molar-refractivity contribution in [1.29, 1.82) is 0 Å². The number of hydrogen-bond donors (Lipinski definition) is 1. The fourth-order valence-electron chi connectivity index (χ4n) is 2.25. The van der Waals surface area contributed by atoms with Gasteiger partial charge in [0.1, 0.15) is 11.5 Å². The lowest BCUT2D eigenvalue weighted by atomic mass is 9.97. The maximum Gasteiger partial charge on any atom is 0.126 e. The number of aromatic hydroxyl groups is 1. The molecule has 0 saturated heterocycles. The number of phenolic OH excluding ortho intramolecular Hbond substituents is 1. The molecule has 2 nitrogen and oxygen atoms in total. The Morgan fingerprint density at radius 3 is 2.52 bits per heavy atom. The van der Waals surface area contributed by atoms with Gasteiger partial charge in [0.2, 0.25) is 0 Å². The molecule has 2 rings (SSSR count). The quantitative estimate of drug-likeness (QED) is 0.861. The van der Waals surface area contributed by atoms with Gasteiger partial charge < -0.3 is 9.84 Å². The summed E-state index contributed by atoms with van der Waals surface area (Å²) < 4.78 is 5.43. The summed E-state index contributed by atoms with van der Waals surface area (Å²) >= 11 is 0. The fourth-order valence-corrected chi connectivity index (χ4v) is 2.25. The van der Waals surface area contributed by atoms with E-state index in [0.717, 1.165) is 34.4 Å². The first-order valence-electron chi connectivity index (χ1n) is 6.91. The molecule has 108 valence electrons. The second kappa shape index (κ2) is 6.80. The lowest BCUT2D eigenvalue weighted by Gasteiger charge is -2.12. The highest BCUT2D eigenvalue weighted by Gasteiger charge is 2.08. The zero-order chi connectivity index (χ0) is 15.2. The van der Waals surface area contributed by atoms with Crippen LogP contribution in [0.3, 0.4) is 0 Å². The number of allylic oxidation sites excluding steroid dienone is 2. The molecule has 0 fully saturated rings. The van der Waals surface area contributed by atoms with Gasteiger partial charge in [0, 0.05) is 5.56 Å². The molecule has 0 atom stereocenters. The summed E-state index contributed by atoms with van der Waals surface area (Å²) in [5.41, 5.74) is 4.24. The van der Waals surface area contributed by atoms with E-state index in [2.05, 4.69) is 18.7 Å². The van der Waals surface area contributed by atoms with Crippen molar-refractivity contribution in [3.63, 3.8) is 0 Å². The predicted octanol–water partition coefficient (Wildman–Crippen LogP) is 4.69. The molecule has 0 aliphatic carbocycles. The van der Waals surface area contributed by atoms with E-state index < -0.39 is 0 Å². The minimum absolute atomic E-state index is 0.275. The summed E-state index contributed by atoms with van der Waals surface area (Å²) in [4.78, 5) is 0. The van der Waals surface area contributed by atoms with Gasteiger partial charge >= 0.3 is 0 Å². The van der Waals surface area contributed by atoms with Crippen molar-refractivity contribution in [3.8, 4) is 11.5 Å². The van der Waals surface area contributed by atoms with Crippen molar-refractivity contribution in [2.45, 2.75) is 13.3 Å². The Balaban J connectivity index is 2.28. The second-order valence-electron chi connectivity index (χ2n) is 4.91. The van der Waals surface area contributed by atoms with Gasteiger partial charge in [0.25, 0.3) is 0 Å². The highest BCUT2D eigenvalue weighted by Crippen LogP contribution is 2.29. The van der Waals surface area contributed by atoms with Crippen molar-refractivity contribution in [1.82, 2.24) is 0 Å². The minimum Gasteiger partial charge on any atom is -0.508 e. The highest BCUT2D eigenvalue weighted by molar-refractivity contribution is 5.73. The highest BCUT2D eigenvalue weighted by atomic mass is 16.5. The van der Waals surface area contributed by atoms with Gasteiger partial charge in [0.05, 0.1) is 7.11 Å². The first kappa shape index (κ1) is 14.9. The standard InChI is InChI=1S/C19H20O2/c1-4-5-15-8-11-19(21-3)18(13-15)14(2)12-16-6-9-17(20)10-7-16/h4-11,13,20H,2,12H2,1,3H3/b5-4+. The number of phenols is 1. The third-order valence-electron chi connectivity index (χ3n) is 3.32. The van der Waals surface area contributed by atoms with Crippen LogP contribution >= 0.6 is 0 Å². The van der Waals surface area contributed by atoms with Crippen LogP contribution in [-0.4, -0.2) is 12.2 Å². The molecule has 0 bridgehead atoms. The van der Waals surface area contributed by atoms with E-state index in [4.69, 9.17) is 4.74 Å². The summed E-state index contributed by atoms with van der Waals surface area (Å²) in [6.45, 7) is 6.18. The zero-order valence-corrected chi connectivity index (χ0v) is 12.5. The van der Waals surface area contributed by atoms with Crippen molar-refractivity contribution in [3.05, 3.63) is 71.8 Å². The Morgan fingerprint density at radius 1 is 1.19 bits per heavy atom. The smallest absolute Gasteiger partial charge is 0.126 e. The zero-order valence-electron chi connectivity index (χ0n) is 12.5. The lowest BCUT2D eigenvalue weighted by molar-refractivity contribution is 0.413. The van der Waals surface area contributed by atoms with E-state index in [1.54, 1.807) is 19.2 Å². The van der Waals surface area contributed by atoms with Crippen LogP contribution in [0.25, 0.3) is 11.6 Å². The summed E-state index contributed by atoms with van der Waals surface area (Å²) in [6, 6.07) is 13.3. The molecule has 0 amide bonds. The summed E-state index contributed by atoms with van der Waals surface area (Å²) in [6.07, 6.45) is 4.78. The Labute approximate surface area is 126 Å². The van der Waals surface area contributed by atoms with Gasteiger partial charge in [-0.15, -0.1) is 0 Å². The van der Waals surface area contributed by atoms with Crippen LogP contribution in [0.2, 0.25) is 0 Å². The maximum absolute atomic E-state index is 9.34. The van der Waals surface area contributed by atoms with Crippen molar-refractivity contribution in [2.75, 3.05) is 7.11 Å². The van der Waals surface area contributed by atoms with E-state index in [9.17, 15) is 5.11 Å². The third-order valence-corrected chi connectivity index (χ3v) is 3.32. The van der Waals surface area contributed by atoms with Gasteiger partial charge in [-0.05, 0) is 54.3 Å². The van der Waals surface area contributed by atoms with Crippen molar-refractivity contribution < 1.29 is 9.84 Å². The molecule has 0 heterocycles. The molecule has 0 unspecified atom stereocenters. The summed E-state index contributed by atoms with van der Waals surface area (Å²) in [7, 11) is 1.67. The summed E-state index contributed by atoms with van der Waals surface area (Å²) in [5, 5.41) is 9.34. The molecule has 1 N–H and O–H groups in total. The average Bonchev–Trinajstić information content (AvgIpc) is 2.50. The molecule has 0 radical (unpaired) electrons. The Morgan fingerprint density at radius 2 is 1.90 bits per heavy atom. The molecule has 2 aromatic carbocycles. The molecule has 2 heteroatoms. The van der Waals surface area contributed by atoms with Crippen LogP contribution in [-0.2, 0) is 6.42 Å². The lowest BCUT2D eigenvalue weighted by Crippen LogP contribution is -1.95. The van der Waals surface area contributed by atoms with Gasteiger partial charge in [-0.2, -0.15) is 0 Å². The van der Waals surface area contributed by atoms with Crippen LogP contribution in [0, 0.1) is 0 Å². The van der Waals surface area contributed by atoms with E-state index in [1.807, 2.05) is 37.3 Å². The Kier molecular flexibility index (Phi) is 4.83. The Bertz CT molecular complexity index is 652. The molecular weight excluding hydrogens is 260 g/mol. The first-order valence-corrected chi connectivity index (χ1v) is 6.91. The molecule has 0 spiro atoms. The number of hydrogen-bond acceptors (Lipinski definition) is 2. The molecule has 2 aromatic rings. The van der Waals surface area contributed by atoms with Gasteiger partial charge in [-0.1, -0.05) is 36.9 Å². The molecular formula is C19H20O2. The van der Waals surface area contributed by atoms with Gasteiger partial charge in [-0.25, -0.2) is 0 Å². The fraction of sp³-hybridized carbons (Fsp3) is 0.158. The topological polar surface area (TPSA) is 29.5 Å². The van der Waals surface area contributed by atoms with Crippen molar-refractivity contribution in [2.24, 2.45) is 0 Å².